The molecule has 4 heterocycles. The molecule has 0 saturated heterocycles. The SMILES string of the molecule is [2H]C1([2H])NC([2H])(C)C([2H])([2H])c2c1c1ccc(-n3ccc(OCc4ccc(F)cn4)cc3=O)cc1n2C([2H])([2H])[2H]. The molecule has 5 rings (SSSR count). The molecule has 0 radical (unpaired) electrons. The van der Waals surface area contributed by atoms with Crippen molar-refractivity contribution >= 4 is 10.9 Å². The van der Waals surface area contributed by atoms with Crippen LogP contribution in [0.1, 0.15) is 34.8 Å². The van der Waals surface area contributed by atoms with Gasteiger partial charge in [-0.05, 0) is 42.8 Å². The Kier molecular flexibility index (Phi) is 3.07. The monoisotopic (exact) mass is 426 g/mol. The van der Waals surface area contributed by atoms with Gasteiger partial charge in [0.15, 0.2) is 0 Å². The Morgan fingerprint density at radius 2 is 2.26 bits per heavy atom. The van der Waals surface area contributed by atoms with Crippen molar-refractivity contribution in [2.24, 2.45) is 6.98 Å². The lowest BCUT2D eigenvalue weighted by molar-refractivity contribution is 0.300. The van der Waals surface area contributed by atoms with Crippen molar-refractivity contribution in [1.29, 1.82) is 0 Å². The van der Waals surface area contributed by atoms with Crippen molar-refractivity contribution in [2.75, 3.05) is 0 Å². The zero-order valence-electron chi connectivity index (χ0n) is 24.4. The third-order valence-electron chi connectivity index (χ3n) is 4.98. The maximum absolute atomic E-state index is 13.0. The van der Waals surface area contributed by atoms with E-state index in [0.29, 0.717) is 5.69 Å². The Bertz CT molecular complexity index is 1650. The average molecular weight is 427 g/mol. The number of benzene rings is 1. The molecular weight excluding hydrogens is 395 g/mol. The summed E-state index contributed by atoms with van der Waals surface area (Å²) in [5.41, 5.74) is -0.483. The molecule has 0 spiro atoms. The molecule has 0 amide bonds. The highest BCUT2D eigenvalue weighted by Crippen LogP contribution is 2.30. The summed E-state index contributed by atoms with van der Waals surface area (Å²) >= 11 is 0. The predicted molar refractivity (Wildman–Crippen MR) is 117 cm³/mol. The number of nitrogens with one attached hydrogen (secondary N) is 1. The van der Waals surface area contributed by atoms with Crippen molar-refractivity contribution in [2.45, 2.75) is 32.4 Å². The Morgan fingerprint density at radius 3 is 3.03 bits per heavy atom. The van der Waals surface area contributed by atoms with Gasteiger partial charge in [0.05, 0.1) is 23.1 Å². The van der Waals surface area contributed by atoms with Crippen molar-refractivity contribution < 1.29 is 20.1 Å². The van der Waals surface area contributed by atoms with Crippen LogP contribution in [0.4, 0.5) is 4.39 Å². The van der Waals surface area contributed by atoms with Crippen LogP contribution in [0.2, 0.25) is 0 Å². The molecule has 1 aliphatic heterocycles. The van der Waals surface area contributed by atoms with Crippen LogP contribution in [0.15, 0.2) is 59.7 Å². The molecule has 3 aromatic heterocycles. The van der Waals surface area contributed by atoms with Crippen LogP contribution in [0.25, 0.3) is 16.6 Å². The Hall–Kier alpha value is -3.45. The Labute approximate surface area is 190 Å². The largest absolute Gasteiger partial charge is 0.487 e. The summed E-state index contributed by atoms with van der Waals surface area (Å²) in [7, 11) is 0. The minimum atomic E-state index is -2.92. The van der Waals surface area contributed by atoms with Crippen molar-refractivity contribution in [3.05, 3.63) is 88.0 Å². The lowest BCUT2D eigenvalue weighted by atomic mass is 10.0. The van der Waals surface area contributed by atoms with E-state index in [4.69, 9.17) is 15.7 Å². The molecule has 1 aromatic carbocycles. The Balaban J connectivity index is 1.61. The quantitative estimate of drug-likeness (QED) is 0.543. The first-order valence-electron chi connectivity index (χ1n) is 13.5. The van der Waals surface area contributed by atoms with Gasteiger partial charge in [-0.1, -0.05) is 6.07 Å². The van der Waals surface area contributed by atoms with Gasteiger partial charge in [-0.15, -0.1) is 0 Å². The van der Waals surface area contributed by atoms with E-state index in [0.717, 1.165) is 17.7 Å². The summed E-state index contributed by atoms with van der Waals surface area (Å²) in [5.74, 6) is -0.256. The Morgan fingerprint density at radius 1 is 1.35 bits per heavy atom. The van der Waals surface area contributed by atoms with E-state index >= 15 is 0 Å². The van der Waals surface area contributed by atoms with Crippen LogP contribution in [-0.2, 0) is 26.5 Å². The van der Waals surface area contributed by atoms with Crippen LogP contribution in [0, 0.1) is 5.82 Å². The molecule has 1 unspecified atom stereocenters. The molecule has 4 aromatic rings. The van der Waals surface area contributed by atoms with E-state index in [1.807, 2.05) is 0 Å². The highest BCUT2D eigenvalue weighted by atomic mass is 19.1. The highest BCUT2D eigenvalue weighted by molar-refractivity contribution is 5.87. The van der Waals surface area contributed by atoms with Crippen molar-refractivity contribution in [3.8, 4) is 11.4 Å². The number of hydrogen-bond donors (Lipinski definition) is 1. The number of fused-ring (bicyclic) bond motifs is 3. The second-order valence-corrected chi connectivity index (χ2v) is 7.09. The molecule has 0 fully saturated rings. The van der Waals surface area contributed by atoms with Gasteiger partial charge in [0, 0.05) is 60.2 Å². The minimum absolute atomic E-state index is 0.000294. The summed E-state index contributed by atoms with van der Waals surface area (Å²) < 4.78 is 87.7. The van der Waals surface area contributed by atoms with Crippen LogP contribution < -0.4 is 15.6 Å². The fraction of sp³-hybridized carbons (Fsp3) is 0.250. The molecule has 1 atom stereocenters. The fourth-order valence-corrected chi connectivity index (χ4v) is 3.45. The third kappa shape index (κ3) is 3.61. The third-order valence-corrected chi connectivity index (χ3v) is 4.98. The molecule has 158 valence electrons. The summed E-state index contributed by atoms with van der Waals surface area (Å²) in [6.07, 6.45) is -0.117. The van der Waals surface area contributed by atoms with Crippen molar-refractivity contribution in [3.63, 3.8) is 0 Å². The van der Waals surface area contributed by atoms with Gasteiger partial charge in [-0.2, -0.15) is 0 Å². The number of rotatable bonds is 4. The lowest BCUT2D eigenvalue weighted by Gasteiger charge is -2.21. The molecule has 0 bridgehead atoms. The van der Waals surface area contributed by atoms with Crippen molar-refractivity contribution in [1.82, 2.24) is 19.4 Å². The van der Waals surface area contributed by atoms with Crippen LogP contribution in [-0.4, -0.2) is 20.1 Å². The van der Waals surface area contributed by atoms with Crippen LogP contribution in [0.3, 0.4) is 0 Å². The molecule has 0 aliphatic carbocycles. The number of pyridine rings is 2. The summed E-state index contributed by atoms with van der Waals surface area (Å²) in [6, 6.07) is 7.54. The predicted octanol–water partition coefficient (Wildman–Crippen LogP) is 3.48. The lowest BCUT2D eigenvalue weighted by Crippen LogP contribution is -2.33. The molecule has 31 heavy (non-hydrogen) atoms. The number of nitrogens with zero attached hydrogens (tertiary/aromatic N) is 3. The number of ether oxygens (including phenoxy) is 1. The molecule has 0 saturated carbocycles. The first kappa shape index (κ1) is 12.4. The standard InChI is InChI=1S/C24H23FN4O2/c1-15-9-22-21(13-26-15)20-6-5-18(10-23(20)28(22)2)29-8-7-19(11-24(29)30)31-14-17-4-3-16(25)12-27-17/h3-8,10-12,15,26H,9,13-14H2,1-2H3/i2D3,9D2,13D2,15D. The minimum Gasteiger partial charge on any atom is -0.487 e. The molecule has 1 N–H and O–H groups in total. The van der Waals surface area contributed by atoms with E-state index in [1.165, 1.54) is 53.2 Å². The smallest absolute Gasteiger partial charge is 0.258 e. The van der Waals surface area contributed by atoms with E-state index in [9.17, 15) is 9.18 Å². The normalized spacial score (nSPS) is 25.6. The van der Waals surface area contributed by atoms with Gasteiger partial charge < -0.3 is 14.6 Å². The molecule has 6 nitrogen and oxygen atoms in total. The molecule has 1 aliphatic rings. The van der Waals surface area contributed by atoms with E-state index in [1.54, 1.807) is 0 Å². The molecular formula is C24H23FN4O2. The number of aryl methyl sites for hydroxylation is 1. The average Bonchev–Trinajstić information content (AvgIpc) is 3.19. The zero-order valence-corrected chi connectivity index (χ0v) is 16.4. The zero-order chi connectivity index (χ0) is 28.5. The number of hydrogen-bond acceptors (Lipinski definition) is 4. The van der Waals surface area contributed by atoms with E-state index < -0.39 is 42.9 Å². The second-order valence-electron chi connectivity index (χ2n) is 7.09. The van der Waals surface area contributed by atoms with Gasteiger partial charge in [0.2, 0.25) is 0 Å². The van der Waals surface area contributed by atoms with Gasteiger partial charge in [0.1, 0.15) is 18.2 Å². The first-order chi connectivity index (χ1) is 18.0. The van der Waals surface area contributed by atoms with E-state index in [-0.39, 0.29) is 34.5 Å². The number of aromatic nitrogens is 3. The second kappa shape index (κ2) is 7.67. The molecule has 7 heteroatoms. The summed E-state index contributed by atoms with van der Waals surface area (Å²) in [6.45, 7) is -4.18. The first-order valence-corrected chi connectivity index (χ1v) is 9.48. The fourth-order valence-electron chi connectivity index (χ4n) is 3.45. The van der Waals surface area contributed by atoms with Gasteiger partial charge in [-0.25, -0.2) is 4.39 Å². The summed E-state index contributed by atoms with van der Waals surface area (Å²) in [5, 5.41) is 2.50. The summed E-state index contributed by atoms with van der Waals surface area (Å²) in [4.78, 5) is 16.8. The number of halogens is 1. The highest BCUT2D eigenvalue weighted by Gasteiger charge is 2.21. The van der Waals surface area contributed by atoms with Gasteiger partial charge in [0.25, 0.3) is 5.56 Å². The van der Waals surface area contributed by atoms with Gasteiger partial charge in [-0.3, -0.25) is 14.3 Å². The maximum atomic E-state index is 13.0. The van der Waals surface area contributed by atoms with E-state index in [2.05, 4.69) is 10.3 Å². The topological polar surface area (TPSA) is 61.1 Å². The van der Waals surface area contributed by atoms with Gasteiger partial charge >= 0.3 is 0 Å². The maximum Gasteiger partial charge on any atom is 0.258 e. The van der Waals surface area contributed by atoms with Crippen LogP contribution in [0.5, 0.6) is 5.75 Å². The van der Waals surface area contributed by atoms with Crippen LogP contribution >= 0.6 is 0 Å².